The van der Waals surface area contributed by atoms with E-state index in [1.165, 1.54) is 12.1 Å². The highest BCUT2D eigenvalue weighted by atomic mass is 79.9. The lowest BCUT2D eigenvalue weighted by atomic mass is 10.1. The normalized spacial score (nSPS) is 18.3. The van der Waals surface area contributed by atoms with Crippen molar-refractivity contribution >= 4 is 27.5 Å². The molecule has 1 saturated heterocycles. The average molecular weight is 342 g/mol. The van der Waals surface area contributed by atoms with Crippen molar-refractivity contribution in [1.29, 1.82) is 0 Å². The van der Waals surface area contributed by atoms with Crippen LogP contribution >= 0.6 is 15.9 Å². The van der Waals surface area contributed by atoms with Gasteiger partial charge in [0.1, 0.15) is 0 Å². The lowest BCUT2D eigenvalue weighted by Gasteiger charge is -2.17. The zero-order valence-electron chi connectivity index (χ0n) is 11.1. The van der Waals surface area contributed by atoms with Gasteiger partial charge in [0.05, 0.1) is 10.5 Å². The molecule has 0 saturated carbocycles. The van der Waals surface area contributed by atoms with Crippen LogP contribution in [0, 0.1) is 16.0 Å². The SMILES string of the molecule is CNCC1CCN(C(=O)c2cc([N+](=O)[O-])ccc2Br)C1. The van der Waals surface area contributed by atoms with Crippen molar-refractivity contribution in [3.63, 3.8) is 0 Å². The van der Waals surface area contributed by atoms with Gasteiger partial charge >= 0.3 is 0 Å². The van der Waals surface area contributed by atoms with Crippen molar-refractivity contribution in [2.75, 3.05) is 26.7 Å². The minimum absolute atomic E-state index is 0.0671. The summed E-state index contributed by atoms with van der Waals surface area (Å²) in [7, 11) is 1.89. The maximum absolute atomic E-state index is 12.4. The molecule has 0 aromatic heterocycles. The molecule has 0 radical (unpaired) electrons. The molecule has 108 valence electrons. The Kier molecular flexibility index (Phi) is 4.72. The number of hydrogen-bond acceptors (Lipinski definition) is 4. The fourth-order valence-corrected chi connectivity index (χ4v) is 2.85. The van der Waals surface area contributed by atoms with Crippen LogP contribution < -0.4 is 5.32 Å². The van der Waals surface area contributed by atoms with Gasteiger partial charge in [0, 0.05) is 29.7 Å². The lowest BCUT2D eigenvalue weighted by molar-refractivity contribution is -0.384. The molecule has 0 bridgehead atoms. The molecule has 20 heavy (non-hydrogen) atoms. The summed E-state index contributed by atoms with van der Waals surface area (Å²) in [6.07, 6.45) is 0.957. The number of non-ortho nitro benzene ring substituents is 1. The quantitative estimate of drug-likeness (QED) is 0.671. The summed E-state index contributed by atoms with van der Waals surface area (Å²) in [6, 6.07) is 4.26. The van der Waals surface area contributed by atoms with Gasteiger partial charge in [-0.3, -0.25) is 14.9 Å². The van der Waals surface area contributed by atoms with Gasteiger partial charge in [-0.2, -0.15) is 0 Å². The van der Waals surface area contributed by atoms with Crippen molar-refractivity contribution in [2.45, 2.75) is 6.42 Å². The number of nitrogens with zero attached hydrogens (tertiary/aromatic N) is 2. The Morgan fingerprint density at radius 2 is 2.35 bits per heavy atom. The van der Waals surface area contributed by atoms with Crippen molar-refractivity contribution in [3.8, 4) is 0 Å². The topological polar surface area (TPSA) is 75.5 Å². The minimum atomic E-state index is -0.489. The zero-order valence-corrected chi connectivity index (χ0v) is 12.7. The number of nitro benzene ring substituents is 1. The maximum atomic E-state index is 12.4. The Morgan fingerprint density at radius 3 is 3.00 bits per heavy atom. The smallest absolute Gasteiger partial charge is 0.270 e. The molecule has 1 aromatic rings. The molecule has 1 N–H and O–H groups in total. The fraction of sp³-hybridized carbons (Fsp3) is 0.462. The van der Waals surface area contributed by atoms with Crippen LogP contribution in [0.2, 0.25) is 0 Å². The van der Waals surface area contributed by atoms with Gasteiger partial charge in [-0.15, -0.1) is 0 Å². The third-order valence-electron chi connectivity index (χ3n) is 3.46. The molecule has 1 heterocycles. The van der Waals surface area contributed by atoms with Gasteiger partial charge in [0.25, 0.3) is 11.6 Å². The van der Waals surface area contributed by atoms with Gasteiger partial charge in [-0.05, 0) is 47.9 Å². The van der Waals surface area contributed by atoms with Crippen molar-refractivity contribution in [3.05, 3.63) is 38.3 Å². The Labute approximate surface area is 125 Å². The number of nitrogens with one attached hydrogen (secondary N) is 1. The van der Waals surface area contributed by atoms with Gasteiger partial charge in [-0.25, -0.2) is 0 Å². The predicted octanol–water partition coefficient (Wildman–Crippen LogP) is 2.04. The first-order valence-corrected chi connectivity index (χ1v) is 7.20. The summed E-state index contributed by atoms with van der Waals surface area (Å²) >= 11 is 3.29. The third-order valence-corrected chi connectivity index (χ3v) is 4.15. The highest BCUT2D eigenvalue weighted by Gasteiger charge is 2.28. The third kappa shape index (κ3) is 3.16. The first-order valence-electron chi connectivity index (χ1n) is 6.40. The fourth-order valence-electron chi connectivity index (χ4n) is 2.43. The van der Waals surface area contributed by atoms with Crippen molar-refractivity contribution in [1.82, 2.24) is 10.2 Å². The van der Waals surface area contributed by atoms with Crippen LogP contribution in [0.1, 0.15) is 16.8 Å². The molecule has 7 heteroatoms. The van der Waals surface area contributed by atoms with E-state index in [0.29, 0.717) is 29.0 Å². The largest absolute Gasteiger partial charge is 0.338 e. The predicted molar refractivity (Wildman–Crippen MR) is 78.7 cm³/mol. The van der Waals surface area contributed by atoms with E-state index in [9.17, 15) is 14.9 Å². The second-order valence-electron chi connectivity index (χ2n) is 4.88. The number of amides is 1. The van der Waals surface area contributed by atoms with Gasteiger partial charge in [-0.1, -0.05) is 0 Å². The number of carbonyl (C=O) groups is 1. The lowest BCUT2D eigenvalue weighted by Crippen LogP contribution is -2.30. The van der Waals surface area contributed by atoms with Crippen molar-refractivity contribution < 1.29 is 9.72 Å². The average Bonchev–Trinajstić information content (AvgIpc) is 2.87. The number of hydrogen-bond donors (Lipinski definition) is 1. The Morgan fingerprint density at radius 1 is 1.60 bits per heavy atom. The molecule has 1 aromatic carbocycles. The van der Waals surface area contributed by atoms with Crippen LogP contribution in [0.5, 0.6) is 0 Å². The Balaban J connectivity index is 2.17. The maximum Gasteiger partial charge on any atom is 0.270 e. The summed E-state index contributed by atoms with van der Waals surface area (Å²) < 4.78 is 0.588. The Hall–Kier alpha value is -1.47. The number of rotatable bonds is 4. The van der Waals surface area contributed by atoms with E-state index in [1.807, 2.05) is 7.05 Å². The monoisotopic (exact) mass is 341 g/mol. The highest BCUT2D eigenvalue weighted by Crippen LogP contribution is 2.26. The van der Waals surface area contributed by atoms with E-state index in [1.54, 1.807) is 11.0 Å². The highest BCUT2D eigenvalue weighted by molar-refractivity contribution is 9.10. The number of benzene rings is 1. The van der Waals surface area contributed by atoms with E-state index in [4.69, 9.17) is 0 Å². The first-order chi connectivity index (χ1) is 9.52. The van der Waals surface area contributed by atoms with E-state index in [-0.39, 0.29) is 11.6 Å². The van der Waals surface area contributed by atoms with E-state index < -0.39 is 4.92 Å². The number of halogens is 1. The Bertz CT molecular complexity index is 536. The van der Waals surface area contributed by atoms with E-state index >= 15 is 0 Å². The zero-order chi connectivity index (χ0) is 14.7. The molecule has 1 amide bonds. The molecule has 0 spiro atoms. The molecular weight excluding hydrogens is 326 g/mol. The standard InChI is InChI=1S/C13H16BrN3O3/c1-15-7-9-4-5-16(8-9)13(18)11-6-10(17(19)20)2-3-12(11)14/h2-3,6,9,15H,4-5,7-8H2,1H3. The van der Waals surface area contributed by atoms with Gasteiger partial charge < -0.3 is 10.2 Å². The molecule has 0 aliphatic carbocycles. The second-order valence-corrected chi connectivity index (χ2v) is 5.74. The van der Waals surface area contributed by atoms with Crippen molar-refractivity contribution in [2.24, 2.45) is 5.92 Å². The molecular formula is C13H16BrN3O3. The molecule has 1 atom stereocenters. The van der Waals surface area contributed by atoms with Gasteiger partial charge in [0.15, 0.2) is 0 Å². The summed E-state index contributed by atoms with van der Waals surface area (Å²) in [5.74, 6) is 0.292. The second kappa shape index (κ2) is 6.32. The van der Waals surface area contributed by atoms with Crippen LogP contribution in [0.25, 0.3) is 0 Å². The van der Waals surface area contributed by atoms with Crippen LogP contribution in [0.15, 0.2) is 22.7 Å². The summed E-state index contributed by atoms with van der Waals surface area (Å²) in [5.41, 5.74) is 0.284. The summed E-state index contributed by atoms with van der Waals surface area (Å²) in [4.78, 5) is 24.5. The van der Waals surface area contributed by atoms with Gasteiger partial charge in [0.2, 0.25) is 0 Å². The van der Waals surface area contributed by atoms with Crippen LogP contribution in [-0.2, 0) is 0 Å². The summed E-state index contributed by atoms with van der Waals surface area (Å²) in [6.45, 7) is 2.26. The molecule has 1 aliphatic heterocycles. The van der Waals surface area contributed by atoms with Crippen LogP contribution in [-0.4, -0.2) is 42.4 Å². The number of likely N-dealkylation sites (tertiary alicyclic amines) is 1. The minimum Gasteiger partial charge on any atom is -0.338 e. The summed E-state index contributed by atoms with van der Waals surface area (Å²) in [5, 5.41) is 13.9. The first kappa shape index (κ1) is 14.9. The molecule has 1 unspecified atom stereocenters. The molecule has 1 aliphatic rings. The molecule has 2 rings (SSSR count). The number of carbonyl (C=O) groups excluding carboxylic acids is 1. The number of nitro groups is 1. The van der Waals surface area contributed by atoms with E-state index in [0.717, 1.165) is 13.0 Å². The van der Waals surface area contributed by atoms with Crippen LogP contribution in [0.4, 0.5) is 5.69 Å². The molecule has 6 nitrogen and oxygen atoms in total. The molecule has 1 fully saturated rings. The van der Waals surface area contributed by atoms with Crippen LogP contribution in [0.3, 0.4) is 0 Å². The van der Waals surface area contributed by atoms with E-state index in [2.05, 4.69) is 21.2 Å².